The van der Waals surface area contributed by atoms with Gasteiger partial charge in [0.1, 0.15) is 0 Å². The molecule has 78 valence electrons. The van der Waals surface area contributed by atoms with E-state index in [-0.39, 0.29) is 5.56 Å². The fraction of sp³-hybridized carbons (Fsp3) is 0.364. The zero-order valence-electron chi connectivity index (χ0n) is 8.32. The summed E-state index contributed by atoms with van der Waals surface area (Å²) >= 11 is 1.65. The molecular formula is C11H12N2OS. The van der Waals surface area contributed by atoms with Crippen LogP contribution in [-0.4, -0.2) is 18.1 Å². The summed E-state index contributed by atoms with van der Waals surface area (Å²) < 4.78 is 1.13. The summed E-state index contributed by atoms with van der Waals surface area (Å²) in [6.07, 6.45) is 4.37. The van der Waals surface area contributed by atoms with Crippen LogP contribution in [-0.2, 0) is 0 Å². The zero-order valence-corrected chi connectivity index (χ0v) is 9.14. The van der Waals surface area contributed by atoms with Gasteiger partial charge in [0.2, 0.25) is 0 Å². The number of hydrogen-bond acceptors (Lipinski definition) is 3. The smallest absolute Gasteiger partial charge is 0.256 e. The molecule has 0 radical (unpaired) electrons. The Bertz CT molecular complexity index is 537. The van der Waals surface area contributed by atoms with Crippen LogP contribution in [0.4, 0.5) is 5.69 Å². The molecule has 0 saturated carbocycles. The van der Waals surface area contributed by atoms with Crippen molar-refractivity contribution in [3.05, 3.63) is 28.0 Å². The number of nitrogens with one attached hydrogen (secondary N) is 1. The second-order valence-corrected chi connectivity index (χ2v) is 4.78. The first-order chi connectivity index (χ1) is 7.36. The first kappa shape index (κ1) is 8.97. The third-order valence-corrected chi connectivity index (χ3v) is 3.87. The lowest BCUT2D eigenvalue weighted by atomic mass is 10.3. The minimum atomic E-state index is 0.0224. The summed E-state index contributed by atoms with van der Waals surface area (Å²) in [5.74, 6) is 0. The van der Waals surface area contributed by atoms with E-state index in [1.165, 1.54) is 18.5 Å². The van der Waals surface area contributed by atoms with Gasteiger partial charge in [-0.1, -0.05) is 0 Å². The number of anilines is 1. The number of fused-ring (bicyclic) bond motifs is 1. The van der Waals surface area contributed by atoms with Crippen molar-refractivity contribution in [3.63, 3.8) is 0 Å². The summed E-state index contributed by atoms with van der Waals surface area (Å²) in [5, 5.41) is 2.81. The van der Waals surface area contributed by atoms with Crippen LogP contribution >= 0.6 is 11.3 Å². The Hall–Kier alpha value is -1.29. The first-order valence-electron chi connectivity index (χ1n) is 5.20. The Morgan fingerprint density at radius 1 is 1.33 bits per heavy atom. The SMILES string of the molecule is O=c1[nH]cc(N2CCCC2)c2sccc12. The standard InChI is InChI=1S/C11H12N2OS/c14-11-8-3-6-15-10(8)9(7-12-11)13-4-1-2-5-13/h3,6-7H,1-2,4-5H2,(H,12,14). The maximum absolute atomic E-state index is 11.5. The minimum absolute atomic E-state index is 0.0224. The average molecular weight is 220 g/mol. The van der Waals surface area contributed by atoms with Gasteiger partial charge in [-0.15, -0.1) is 11.3 Å². The van der Waals surface area contributed by atoms with Crippen molar-refractivity contribution in [1.29, 1.82) is 0 Å². The van der Waals surface area contributed by atoms with E-state index in [2.05, 4.69) is 9.88 Å². The molecule has 0 spiro atoms. The van der Waals surface area contributed by atoms with Crippen LogP contribution in [0, 0.1) is 0 Å². The van der Waals surface area contributed by atoms with Crippen molar-refractivity contribution in [1.82, 2.24) is 4.98 Å². The number of hydrogen-bond donors (Lipinski definition) is 1. The number of aromatic nitrogens is 1. The van der Waals surface area contributed by atoms with Gasteiger partial charge in [0.05, 0.1) is 15.8 Å². The van der Waals surface area contributed by atoms with Gasteiger partial charge in [-0.25, -0.2) is 0 Å². The largest absolute Gasteiger partial charge is 0.369 e. The molecule has 2 aromatic heterocycles. The normalized spacial score (nSPS) is 16.4. The fourth-order valence-electron chi connectivity index (χ4n) is 2.16. The van der Waals surface area contributed by atoms with Crippen LogP contribution in [0.1, 0.15) is 12.8 Å². The van der Waals surface area contributed by atoms with Crippen LogP contribution in [0.3, 0.4) is 0 Å². The molecule has 2 aromatic rings. The first-order valence-corrected chi connectivity index (χ1v) is 6.08. The number of rotatable bonds is 1. The number of thiophene rings is 1. The topological polar surface area (TPSA) is 36.1 Å². The Balaban J connectivity index is 2.22. The van der Waals surface area contributed by atoms with Gasteiger partial charge < -0.3 is 9.88 Å². The lowest BCUT2D eigenvalue weighted by molar-refractivity contribution is 0.949. The predicted molar refractivity (Wildman–Crippen MR) is 63.9 cm³/mol. The summed E-state index contributed by atoms with van der Waals surface area (Å²) in [5.41, 5.74) is 1.21. The van der Waals surface area contributed by atoms with Crippen molar-refractivity contribution >= 4 is 27.1 Å². The molecule has 0 bridgehead atoms. The van der Waals surface area contributed by atoms with Crippen molar-refractivity contribution < 1.29 is 0 Å². The molecular weight excluding hydrogens is 208 g/mol. The molecule has 3 rings (SSSR count). The van der Waals surface area contributed by atoms with Crippen molar-refractivity contribution in [2.75, 3.05) is 18.0 Å². The third-order valence-electron chi connectivity index (χ3n) is 2.93. The van der Waals surface area contributed by atoms with Crippen LogP contribution in [0.5, 0.6) is 0 Å². The van der Waals surface area contributed by atoms with Crippen LogP contribution in [0.15, 0.2) is 22.4 Å². The quantitative estimate of drug-likeness (QED) is 0.799. The summed E-state index contributed by atoms with van der Waals surface area (Å²) in [7, 11) is 0. The van der Waals surface area contributed by atoms with E-state index in [0.717, 1.165) is 23.2 Å². The molecule has 0 amide bonds. The van der Waals surface area contributed by atoms with E-state index in [0.29, 0.717) is 0 Å². The fourth-order valence-corrected chi connectivity index (χ4v) is 3.09. The van der Waals surface area contributed by atoms with E-state index in [1.54, 1.807) is 11.3 Å². The highest BCUT2D eigenvalue weighted by Crippen LogP contribution is 2.30. The number of nitrogens with zero attached hydrogens (tertiary/aromatic N) is 1. The number of pyridine rings is 1. The van der Waals surface area contributed by atoms with Crippen LogP contribution in [0.25, 0.3) is 10.1 Å². The maximum Gasteiger partial charge on any atom is 0.256 e. The molecule has 0 aliphatic carbocycles. The predicted octanol–water partition coefficient (Wildman–Crippen LogP) is 2.19. The lowest BCUT2D eigenvalue weighted by Crippen LogP contribution is -2.19. The van der Waals surface area contributed by atoms with Gasteiger partial charge in [0.25, 0.3) is 5.56 Å². The summed E-state index contributed by atoms with van der Waals surface area (Å²) in [4.78, 5) is 16.7. The van der Waals surface area contributed by atoms with Gasteiger partial charge >= 0.3 is 0 Å². The average Bonchev–Trinajstić information content (AvgIpc) is 2.88. The van der Waals surface area contributed by atoms with E-state index in [4.69, 9.17) is 0 Å². The Morgan fingerprint density at radius 2 is 2.13 bits per heavy atom. The third kappa shape index (κ3) is 1.36. The highest BCUT2D eigenvalue weighted by atomic mass is 32.1. The lowest BCUT2D eigenvalue weighted by Gasteiger charge is -2.17. The Labute approximate surface area is 91.3 Å². The molecule has 0 atom stereocenters. The minimum Gasteiger partial charge on any atom is -0.369 e. The molecule has 1 aliphatic rings. The van der Waals surface area contributed by atoms with Gasteiger partial charge in [-0.3, -0.25) is 4.79 Å². The molecule has 1 N–H and O–H groups in total. The van der Waals surface area contributed by atoms with Crippen molar-refractivity contribution in [3.8, 4) is 0 Å². The molecule has 4 heteroatoms. The highest BCUT2D eigenvalue weighted by molar-refractivity contribution is 7.17. The van der Waals surface area contributed by atoms with Crippen LogP contribution in [0.2, 0.25) is 0 Å². The van der Waals surface area contributed by atoms with Crippen molar-refractivity contribution in [2.24, 2.45) is 0 Å². The zero-order chi connectivity index (χ0) is 10.3. The Kier molecular flexibility index (Phi) is 2.02. The van der Waals surface area contributed by atoms with Gasteiger partial charge in [-0.2, -0.15) is 0 Å². The molecule has 3 heterocycles. The summed E-state index contributed by atoms with van der Waals surface area (Å²) in [6, 6.07) is 1.90. The molecule has 0 aromatic carbocycles. The number of aromatic amines is 1. The summed E-state index contributed by atoms with van der Waals surface area (Å²) in [6.45, 7) is 2.22. The molecule has 1 fully saturated rings. The van der Waals surface area contributed by atoms with Crippen molar-refractivity contribution in [2.45, 2.75) is 12.8 Å². The van der Waals surface area contributed by atoms with E-state index in [9.17, 15) is 4.79 Å². The van der Waals surface area contributed by atoms with Crippen LogP contribution < -0.4 is 10.5 Å². The van der Waals surface area contributed by atoms with E-state index >= 15 is 0 Å². The molecule has 1 saturated heterocycles. The van der Waals surface area contributed by atoms with Gasteiger partial charge in [0, 0.05) is 19.3 Å². The molecule has 3 nitrogen and oxygen atoms in total. The maximum atomic E-state index is 11.5. The van der Waals surface area contributed by atoms with E-state index < -0.39 is 0 Å². The molecule has 1 aliphatic heterocycles. The monoisotopic (exact) mass is 220 g/mol. The molecule has 15 heavy (non-hydrogen) atoms. The molecule has 0 unspecified atom stereocenters. The van der Waals surface area contributed by atoms with Gasteiger partial charge in [-0.05, 0) is 24.3 Å². The number of H-pyrrole nitrogens is 1. The second kappa shape index (κ2) is 3.38. The Morgan fingerprint density at radius 3 is 2.93 bits per heavy atom. The van der Waals surface area contributed by atoms with E-state index in [1.807, 2.05) is 17.6 Å². The second-order valence-electron chi connectivity index (χ2n) is 3.86. The van der Waals surface area contributed by atoms with Gasteiger partial charge in [0.15, 0.2) is 0 Å². The highest BCUT2D eigenvalue weighted by Gasteiger charge is 2.16.